The standard InChI is InChI=1S/C19H16FNO4S/c1-11(18(22)21-14-5-3-4-6-15(14)24-2)25-19(23)17-9-12-7-8-13(20)10-16(12)26-17/h3-11H,1-2H3,(H,21,22). The molecule has 0 spiro atoms. The number of ether oxygens (including phenoxy) is 2. The highest BCUT2D eigenvalue weighted by Gasteiger charge is 2.21. The van der Waals surface area contributed by atoms with E-state index in [2.05, 4.69) is 5.32 Å². The fourth-order valence-corrected chi connectivity index (χ4v) is 3.33. The van der Waals surface area contributed by atoms with Crippen LogP contribution in [0.5, 0.6) is 5.75 Å². The van der Waals surface area contributed by atoms with Gasteiger partial charge in [0.1, 0.15) is 16.4 Å². The lowest BCUT2D eigenvalue weighted by atomic mass is 10.2. The predicted octanol–water partition coefficient (Wildman–Crippen LogP) is 4.23. The van der Waals surface area contributed by atoms with E-state index in [1.807, 2.05) is 0 Å². The number of esters is 1. The highest BCUT2D eigenvalue weighted by molar-refractivity contribution is 7.20. The number of benzene rings is 2. The van der Waals surface area contributed by atoms with E-state index in [0.717, 1.165) is 16.7 Å². The smallest absolute Gasteiger partial charge is 0.349 e. The first kappa shape index (κ1) is 17.9. The molecule has 1 atom stereocenters. The minimum Gasteiger partial charge on any atom is -0.495 e. The molecular weight excluding hydrogens is 357 g/mol. The molecule has 134 valence electrons. The zero-order chi connectivity index (χ0) is 18.7. The molecule has 26 heavy (non-hydrogen) atoms. The Morgan fingerprint density at radius 3 is 2.69 bits per heavy atom. The van der Waals surface area contributed by atoms with Gasteiger partial charge in [-0.1, -0.05) is 18.2 Å². The van der Waals surface area contributed by atoms with Gasteiger partial charge in [-0.15, -0.1) is 11.3 Å². The largest absolute Gasteiger partial charge is 0.495 e. The molecule has 0 aliphatic carbocycles. The number of hydrogen-bond donors (Lipinski definition) is 1. The monoisotopic (exact) mass is 373 g/mol. The Morgan fingerprint density at radius 1 is 1.15 bits per heavy atom. The Labute approximate surface area is 153 Å². The molecule has 2 aromatic carbocycles. The normalized spacial score (nSPS) is 11.8. The van der Waals surface area contributed by atoms with Crippen LogP contribution < -0.4 is 10.1 Å². The fraction of sp³-hybridized carbons (Fsp3) is 0.158. The van der Waals surface area contributed by atoms with Crippen LogP contribution >= 0.6 is 11.3 Å². The second-order valence-corrected chi connectivity index (χ2v) is 6.61. The van der Waals surface area contributed by atoms with Crippen molar-refractivity contribution in [2.45, 2.75) is 13.0 Å². The van der Waals surface area contributed by atoms with Crippen molar-refractivity contribution in [2.24, 2.45) is 0 Å². The van der Waals surface area contributed by atoms with Gasteiger partial charge in [0.2, 0.25) is 0 Å². The van der Waals surface area contributed by atoms with Gasteiger partial charge in [-0.3, -0.25) is 4.79 Å². The Kier molecular flexibility index (Phi) is 5.18. The molecule has 5 nitrogen and oxygen atoms in total. The van der Waals surface area contributed by atoms with Crippen LogP contribution in [0.15, 0.2) is 48.5 Å². The van der Waals surface area contributed by atoms with Crippen LogP contribution in [0.25, 0.3) is 10.1 Å². The number of thiophene rings is 1. The summed E-state index contributed by atoms with van der Waals surface area (Å²) >= 11 is 1.12. The SMILES string of the molecule is COc1ccccc1NC(=O)C(C)OC(=O)c1cc2ccc(F)cc2s1. The van der Waals surface area contributed by atoms with Crippen LogP contribution in [-0.4, -0.2) is 25.1 Å². The molecule has 1 N–H and O–H groups in total. The molecule has 0 aliphatic heterocycles. The second kappa shape index (κ2) is 7.53. The Bertz CT molecular complexity index is 969. The molecule has 0 saturated heterocycles. The Balaban J connectivity index is 1.68. The third kappa shape index (κ3) is 3.83. The van der Waals surface area contributed by atoms with Gasteiger partial charge in [0.25, 0.3) is 5.91 Å². The van der Waals surface area contributed by atoms with Crippen LogP contribution in [-0.2, 0) is 9.53 Å². The third-order valence-electron chi connectivity index (χ3n) is 3.70. The first-order valence-electron chi connectivity index (χ1n) is 7.82. The Hall–Kier alpha value is -2.93. The average molecular weight is 373 g/mol. The number of hydrogen-bond acceptors (Lipinski definition) is 5. The van der Waals surface area contributed by atoms with Crippen molar-refractivity contribution in [2.75, 3.05) is 12.4 Å². The van der Waals surface area contributed by atoms with Gasteiger partial charge in [0.05, 0.1) is 12.8 Å². The molecule has 0 fully saturated rings. The number of fused-ring (bicyclic) bond motifs is 1. The molecule has 1 heterocycles. The average Bonchev–Trinajstić information content (AvgIpc) is 3.05. The van der Waals surface area contributed by atoms with Crippen LogP contribution in [0.2, 0.25) is 0 Å². The lowest BCUT2D eigenvalue weighted by Gasteiger charge is -2.14. The summed E-state index contributed by atoms with van der Waals surface area (Å²) in [7, 11) is 1.50. The summed E-state index contributed by atoms with van der Waals surface area (Å²) in [6, 6.07) is 12.8. The summed E-state index contributed by atoms with van der Waals surface area (Å²) in [5, 5.41) is 3.41. The number of amides is 1. The fourth-order valence-electron chi connectivity index (χ4n) is 2.36. The van der Waals surface area contributed by atoms with E-state index in [4.69, 9.17) is 9.47 Å². The number of anilines is 1. The summed E-state index contributed by atoms with van der Waals surface area (Å²) in [5.74, 6) is -0.973. The van der Waals surface area contributed by atoms with Gasteiger partial charge >= 0.3 is 5.97 Å². The van der Waals surface area contributed by atoms with Crippen molar-refractivity contribution in [1.82, 2.24) is 0 Å². The van der Waals surface area contributed by atoms with Gasteiger partial charge < -0.3 is 14.8 Å². The van der Waals surface area contributed by atoms with E-state index >= 15 is 0 Å². The minimum atomic E-state index is -1.01. The third-order valence-corrected chi connectivity index (χ3v) is 4.78. The summed E-state index contributed by atoms with van der Waals surface area (Å²) in [6.07, 6.45) is -1.01. The number of methoxy groups -OCH3 is 1. The summed E-state index contributed by atoms with van der Waals surface area (Å²) in [4.78, 5) is 24.9. The summed E-state index contributed by atoms with van der Waals surface area (Å²) < 4.78 is 24.3. The van der Waals surface area contributed by atoms with Gasteiger partial charge in [-0.05, 0) is 42.6 Å². The lowest BCUT2D eigenvalue weighted by Crippen LogP contribution is -2.29. The van der Waals surface area contributed by atoms with E-state index in [1.54, 1.807) is 36.4 Å². The maximum absolute atomic E-state index is 13.3. The highest BCUT2D eigenvalue weighted by Crippen LogP contribution is 2.27. The van der Waals surface area contributed by atoms with Gasteiger partial charge in [0, 0.05) is 4.70 Å². The molecule has 3 aromatic rings. The number of para-hydroxylation sites is 2. The molecule has 1 unspecified atom stereocenters. The zero-order valence-corrected chi connectivity index (χ0v) is 14.9. The van der Waals surface area contributed by atoms with E-state index in [-0.39, 0.29) is 5.82 Å². The van der Waals surface area contributed by atoms with Crippen molar-refractivity contribution in [3.8, 4) is 5.75 Å². The molecule has 0 radical (unpaired) electrons. The van der Waals surface area contributed by atoms with E-state index in [0.29, 0.717) is 21.0 Å². The van der Waals surface area contributed by atoms with Crippen LogP contribution in [0, 0.1) is 5.82 Å². The van der Waals surface area contributed by atoms with Crippen LogP contribution in [0.3, 0.4) is 0 Å². The molecule has 7 heteroatoms. The van der Waals surface area contributed by atoms with Crippen molar-refractivity contribution < 1.29 is 23.5 Å². The number of rotatable bonds is 5. The molecule has 1 amide bonds. The maximum atomic E-state index is 13.3. The van der Waals surface area contributed by atoms with Crippen molar-refractivity contribution in [1.29, 1.82) is 0 Å². The maximum Gasteiger partial charge on any atom is 0.349 e. The minimum absolute atomic E-state index is 0.308. The first-order chi connectivity index (χ1) is 12.5. The molecule has 0 bridgehead atoms. The van der Waals surface area contributed by atoms with Crippen molar-refractivity contribution in [3.05, 3.63) is 59.2 Å². The van der Waals surface area contributed by atoms with Gasteiger partial charge in [-0.25, -0.2) is 9.18 Å². The summed E-state index contributed by atoms with van der Waals surface area (Å²) in [5.41, 5.74) is 0.486. The second-order valence-electron chi connectivity index (χ2n) is 5.53. The van der Waals surface area contributed by atoms with Gasteiger partial charge in [-0.2, -0.15) is 0 Å². The van der Waals surface area contributed by atoms with E-state index in [9.17, 15) is 14.0 Å². The zero-order valence-electron chi connectivity index (χ0n) is 14.1. The lowest BCUT2D eigenvalue weighted by molar-refractivity contribution is -0.123. The first-order valence-corrected chi connectivity index (χ1v) is 8.63. The van der Waals surface area contributed by atoms with Crippen molar-refractivity contribution >= 4 is 39.0 Å². The number of carbonyl (C=O) groups excluding carboxylic acids is 2. The van der Waals surface area contributed by atoms with Gasteiger partial charge in [0.15, 0.2) is 6.10 Å². The number of carbonyl (C=O) groups is 2. The molecular formula is C19H16FNO4S. The topological polar surface area (TPSA) is 64.6 Å². The summed E-state index contributed by atoms with van der Waals surface area (Å²) in [6.45, 7) is 1.48. The van der Waals surface area contributed by atoms with Crippen LogP contribution in [0.4, 0.5) is 10.1 Å². The molecule has 3 rings (SSSR count). The molecule has 0 aliphatic rings. The van der Waals surface area contributed by atoms with E-state index < -0.39 is 18.0 Å². The molecule has 1 aromatic heterocycles. The number of nitrogens with one attached hydrogen (secondary N) is 1. The predicted molar refractivity (Wildman–Crippen MR) is 98.3 cm³/mol. The quantitative estimate of drug-likeness (QED) is 0.680. The van der Waals surface area contributed by atoms with Crippen LogP contribution in [0.1, 0.15) is 16.6 Å². The van der Waals surface area contributed by atoms with E-state index in [1.165, 1.54) is 26.2 Å². The number of halogens is 1. The highest BCUT2D eigenvalue weighted by atomic mass is 32.1. The van der Waals surface area contributed by atoms with Crippen molar-refractivity contribution in [3.63, 3.8) is 0 Å². The molecule has 0 saturated carbocycles. The Morgan fingerprint density at radius 2 is 1.92 bits per heavy atom.